The van der Waals surface area contributed by atoms with Crippen LogP contribution in [0.25, 0.3) is 0 Å². The molecule has 3 rings (SSSR count). The third-order valence-corrected chi connectivity index (χ3v) is 6.48. The lowest BCUT2D eigenvalue weighted by Crippen LogP contribution is -2.50. The van der Waals surface area contributed by atoms with Crippen LogP contribution >= 0.6 is 0 Å². The number of hydrogen-bond donors (Lipinski definition) is 1. The van der Waals surface area contributed by atoms with Crippen molar-refractivity contribution in [2.45, 2.75) is 37.8 Å². The third-order valence-electron chi connectivity index (χ3n) is 4.42. The molecule has 1 aromatic rings. The Kier molecular flexibility index (Phi) is 4.24. The van der Waals surface area contributed by atoms with E-state index >= 15 is 0 Å². The zero-order valence-electron chi connectivity index (χ0n) is 12.6. The Hall–Kier alpha value is -1.38. The molecule has 0 radical (unpaired) electrons. The van der Waals surface area contributed by atoms with Gasteiger partial charge in [-0.15, -0.1) is 0 Å². The predicted molar refractivity (Wildman–Crippen MR) is 80.1 cm³/mol. The molecule has 2 unspecified atom stereocenters. The number of rotatable bonds is 4. The van der Waals surface area contributed by atoms with Crippen molar-refractivity contribution in [1.82, 2.24) is 13.9 Å². The van der Waals surface area contributed by atoms with Gasteiger partial charge in [0.15, 0.2) is 0 Å². The second-order valence-corrected chi connectivity index (χ2v) is 7.51. The van der Waals surface area contributed by atoms with E-state index in [4.69, 9.17) is 4.42 Å². The molecule has 8 heteroatoms. The summed E-state index contributed by atoms with van der Waals surface area (Å²) in [7, 11) is -2.14. The van der Waals surface area contributed by atoms with Gasteiger partial charge in [-0.3, -0.25) is 4.79 Å². The summed E-state index contributed by atoms with van der Waals surface area (Å²) in [5.74, 6) is 0.423. The molecule has 2 aliphatic heterocycles. The molecule has 0 aliphatic carbocycles. The molecule has 0 spiro atoms. The molecule has 0 bridgehead atoms. The highest BCUT2D eigenvalue weighted by atomic mass is 32.2. The molecule has 3 heterocycles. The first kappa shape index (κ1) is 15.5. The Morgan fingerprint density at radius 2 is 2.00 bits per heavy atom. The number of likely N-dealkylation sites (N-methyl/N-ethyl adjacent to an activating group) is 1. The Morgan fingerprint density at radius 1 is 1.27 bits per heavy atom. The zero-order valence-corrected chi connectivity index (χ0v) is 13.4. The molecule has 122 valence electrons. The molecule has 0 aromatic carbocycles. The van der Waals surface area contributed by atoms with Gasteiger partial charge in [0.1, 0.15) is 11.8 Å². The highest BCUT2D eigenvalue weighted by molar-refractivity contribution is 7.86. The van der Waals surface area contributed by atoms with Gasteiger partial charge in [-0.25, -0.2) is 0 Å². The molecule has 7 nitrogen and oxygen atoms in total. The lowest BCUT2D eigenvalue weighted by atomic mass is 10.2. The van der Waals surface area contributed by atoms with Gasteiger partial charge in [0.2, 0.25) is 5.91 Å². The van der Waals surface area contributed by atoms with Crippen LogP contribution in [-0.2, 0) is 15.0 Å². The first-order chi connectivity index (χ1) is 10.6. The predicted octanol–water partition coefficient (Wildman–Crippen LogP) is 0.872. The SMILES string of the molecule is CNC(=O)C1CCCN1S(=O)(=O)N1CCCC1c1ccco1. The third kappa shape index (κ3) is 2.55. The molecule has 22 heavy (non-hydrogen) atoms. The van der Waals surface area contributed by atoms with Crippen molar-refractivity contribution < 1.29 is 17.6 Å². The lowest BCUT2D eigenvalue weighted by molar-refractivity contribution is -0.123. The normalized spacial score (nSPS) is 27.3. The van der Waals surface area contributed by atoms with E-state index in [9.17, 15) is 13.2 Å². The van der Waals surface area contributed by atoms with Crippen LogP contribution in [0.4, 0.5) is 0 Å². The number of carbonyl (C=O) groups is 1. The van der Waals surface area contributed by atoms with Crippen molar-refractivity contribution in [3.63, 3.8) is 0 Å². The van der Waals surface area contributed by atoms with E-state index in [0.29, 0.717) is 31.7 Å². The number of furan rings is 1. The Bertz CT molecular complexity index is 629. The van der Waals surface area contributed by atoms with Crippen LogP contribution in [0.1, 0.15) is 37.5 Å². The summed E-state index contributed by atoms with van der Waals surface area (Å²) in [4.78, 5) is 11.9. The lowest BCUT2D eigenvalue weighted by Gasteiger charge is -2.30. The molecule has 2 fully saturated rings. The first-order valence-electron chi connectivity index (χ1n) is 7.59. The molecule has 1 amide bonds. The summed E-state index contributed by atoms with van der Waals surface area (Å²) in [5, 5.41) is 2.56. The molecule has 2 atom stereocenters. The van der Waals surface area contributed by atoms with E-state index in [-0.39, 0.29) is 11.9 Å². The van der Waals surface area contributed by atoms with E-state index in [0.717, 1.165) is 12.8 Å². The molecule has 2 aliphatic rings. The maximum absolute atomic E-state index is 13.0. The minimum atomic E-state index is -3.67. The number of nitrogens with zero attached hydrogens (tertiary/aromatic N) is 2. The minimum absolute atomic E-state index is 0.241. The van der Waals surface area contributed by atoms with E-state index < -0.39 is 16.3 Å². The average Bonchev–Trinajstić information content (AvgIpc) is 3.25. The van der Waals surface area contributed by atoms with Gasteiger partial charge in [-0.2, -0.15) is 17.0 Å². The summed E-state index contributed by atoms with van der Waals surface area (Å²) in [6, 6.07) is 2.69. The molecule has 1 N–H and O–H groups in total. The smallest absolute Gasteiger partial charge is 0.283 e. The highest BCUT2D eigenvalue weighted by Gasteiger charge is 2.45. The summed E-state index contributed by atoms with van der Waals surface area (Å²) in [6.07, 6.45) is 4.37. The molecular formula is C14H21N3O4S. The van der Waals surface area contributed by atoms with Gasteiger partial charge in [0, 0.05) is 20.1 Å². The van der Waals surface area contributed by atoms with Gasteiger partial charge in [-0.05, 0) is 37.8 Å². The van der Waals surface area contributed by atoms with Crippen molar-refractivity contribution in [1.29, 1.82) is 0 Å². The van der Waals surface area contributed by atoms with Gasteiger partial charge in [-0.1, -0.05) is 0 Å². The maximum atomic E-state index is 13.0. The van der Waals surface area contributed by atoms with Crippen molar-refractivity contribution in [3.05, 3.63) is 24.2 Å². The number of carbonyl (C=O) groups excluding carboxylic acids is 1. The fourth-order valence-electron chi connectivity index (χ4n) is 3.36. The van der Waals surface area contributed by atoms with Gasteiger partial charge in [0.25, 0.3) is 10.2 Å². The minimum Gasteiger partial charge on any atom is -0.468 e. The van der Waals surface area contributed by atoms with Crippen molar-refractivity contribution >= 4 is 16.1 Å². The fraction of sp³-hybridized carbons (Fsp3) is 0.643. The van der Waals surface area contributed by atoms with Crippen LogP contribution in [-0.4, -0.2) is 49.1 Å². The van der Waals surface area contributed by atoms with Crippen molar-refractivity contribution in [2.24, 2.45) is 0 Å². The number of hydrogen-bond acceptors (Lipinski definition) is 4. The van der Waals surface area contributed by atoms with Crippen LogP contribution in [0, 0.1) is 0 Å². The van der Waals surface area contributed by atoms with Crippen LogP contribution in [0.15, 0.2) is 22.8 Å². The topological polar surface area (TPSA) is 82.9 Å². The van der Waals surface area contributed by atoms with Gasteiger partial charge in [0.05, 0.1) is 12.3 Å². The fourth-order valence-corrected chi connectivity index (χ4v) is 5.40. The Morgan fingerprint density at radius 3 is 2.68 bits per heavy atom. The van der Waals surface area contributed by atoms with Gasteiger partial charge >= 0.3 is 0 Å². The average molecular weight is 327 g/mol. The second kappa shape index (κ2) is 6.02. The highest BCUT2D eigenvalue weighted by Crippen LogP contribution is 2.37. The van der Waals surface area contributed by atoms with Crippen molar-refractivity contribution in [2.75, 3.05) is 20.1 Å². The van der Waals surface area contributed by atoms with Gasteiger partial charge < -0.3 is 9.73 Å². The summed E-state index contributed by atoms with van der Waals surface area (Å²) >= 11 is 0. The zero-order chi connectivity index (χ0) is 15.7. The molecular weight excluding hydrogens is 306 g/mol. The Labute approximate surface area is 130 Å². The Balaban J connectivity index is 1.87. The molecule has 0 saturated carbocycles. The second-order valence-electron chi connectivity index (χ2n) is 5.67. The van der Waals surface area contributed by atoms with E-state index in [1.165, 1.54) is 15.7 Å². The first-order valence-corrected chi connectivity index (χ1v) is 8.99. The van der Waals surface area contributed by atoms with E-state index in [1.54, 1.807) is 18.4 Å². The van der Waals surface area contributed by atoms with Crippen LogP contribution in [0.3, 0.4) is 0 Å². The summed E-state index contributed by atoms with van der Waals surface area (Å²) < 4.78 is 34.2. The molecule has 1 aromatic heterocycles. The van der Waals surface area contributed by atoms with Crippen LogP contribution in [0.2, 0.25) is 0 Å². The van der Waals surface area contributed by atoms with Crippen LogP contribution in [0.5, 0.6) is 0 Å². The van der Waals surface area contributed by atoms with Crippen LogP contribution < -0.4 is 5.32 Å². The molecule has 2 saturated heterocycles. The van der Waals surface area contributed by atoms with E-state index in [1.807, 2.05) is 0 Å². The van der Waals surface area contributed by atoms with Crippen molar-refractivity contribution in [3.8, 4) is 0 Å². The maximum Gasteiger partial charge on any atom is 0.283 e. The number of amides is 1. The summed E-state index contributed by atoms with van der Waals surface area (Å²) in [6.45, 7) is 0.854. The summed E-state index contributed by atoms with van der Waals surface area (Å²) in [5.41, 5.74) is 0. The quantitative estimate of drug-likeness (QED) is 0.889. The number of nitrogens with one attached hydrogen (secondary N) is 1. The standard InChI is InChI=1S/C14H21N3O4S/c1-15-14(18)12-6-3-9-17(12)22(19,20)16-8-2-5-11(16)13-7-4-10-21-13/h4,7,10-12H,2-3,5-6,8-9H2,1H3,(H,15,18). The largest absolute Gasteiger partial charge is 0.468 e. The monoisotopic (exact) mass is 327 g/mol. The van der Waals surface area contributed by atoms with E-state index in [2.05, 4.69) is 5.32 Å².